The first kappa shape index (κ1) is 11.3. The van der Waals surface area contributed by atoms with Gasteiger partial charge >= 0.3 is 0 Å². The maximum absolute atomic E-state index is 11.9. The summed E-state index contributed by atoms with van der Waals surface area (Å²) in [5, 5.41) is 7.08. The van der Waals surface area contributed by atoms with Crippen LogP contribution in [0.2, 0.25) is 5.02 Å². The van der Waals surface area contributed by atoms with E-state index in [1.807, 2.05) is 0 Å². The molecule has 0 spiro atoms. The van der Waals surface area contributed by atoms with Crippen LogP contribution in [-0.2, 0) is 0 Å². The van der Waals surface area contributed by atoms with Crippen molar-refractivity contribution in [3.05, 3.63) is 46.8 Å². The molecule has 1 aromatic carbocycles. The second-order valence-corrected chi connectivity index (χ2v) is 4.79. The fourth-order valence-electron chi connectivity index (χ4n) is 1.72. The summed E-state index contributed by atoms with van der Waals surface area (Å²) in [4.78, 5) is 11.9. The van der Waals surface area contributed by atoms with E-state index in [1.165, 1.54) is 0 Å². The number of rotatable bonds is 3. The van der Waals surface area contributed by atoms with Gasteiger partial charge in [-0.05, 0) is 31.0 Å². The third kappa shape index (κ3) is 2.38. The predicted molar refractivity (Wildman–Crippen MR) is 67.9 cm³/mol. The van der Waals surface area contributed by atoms with Gasteiger partial charge in [-0.1, -0.05) is 22.8 Å². The molecule has 1 fully saturated rings. The van der Waals surface area contributed by atoms with E-state index in [2.05, 4.69) is 10.5 Å². The summed E-state index contributed by atoms with van der Waals surface area (Å²) in [6.07, 6.45) is 2.23. The van der Waals surface area contributed by atoms with Crippen molar-refractivity contribution in [3.63, 3.8) is 0 Å². The molecule has 4 nitrogen and oxygen atoms in total. The lowest BCUT2D eigenvalue weighted by Gasteiger charge is -2.02. The minimum absolute atomic E-state index is 0.284. The molecule has 18 heavy (non-hydrogen) atoms. The number of carbonyl (C=O) groups excluding carboxylic acids is 1. The highest BCUT2D eigenvalue weighted by molar-refractivity contribution is 6.30. The van der Waals surface area contributed by atoms with Gasteiger partial charge in [0.1, 0.15) is 5.76 Å². The molecule has 0 radical (unpaired) electrons. The van der Waals surface area contributed by atoms with Crippen LogP contribution in [0.15, 0.2) is 34.9 Å². The average Bonchev–Trinajstić information content (AvgIpc) is 3.07. The topological polar surface area (TPSA) is 55.1 Å². The predicted octanol–water partition coefficient (Wildman–Crippen LogP) is 3.46. The van der Waals surface area contributed by atoms with Gasteiger partial charge in [0.25, 0.3) is 5.91 Å². The van der Waals surface area contributed by atoms with Crippen LogP contribution in [-0.4, -0.2) is 11.1 Å². The summed E-state index contributed by atoms with van der Waals surface area (Å²) in [5.74, 6) is 0.962. The van der Waals surface area contributed by atoms with Crippen LogP contribution in [0.4, 0.5) is 5.69 Å². The van der Waals surface area contributed by atoms with E-state index in [0.717, 1.165) is 18.6 Å². The first-order chi connectivity index (χ1) is 8.72. The maximum Gasteiger partial charge on any atom is 0.277 e. The summed E-state index contributed by atoms with van der Waals surface area (Å²) in [6, 6.07) is 8.68. The Morgan fingerprint density at radius 2 is 2.22 bits per heavy atom. The fourth-order valence-corrected chi connectivity index (χ4v) is 1.91. The molecule has 1 amide bonds. The minimum Gasteiger partial charge on any atom is -0.360 e. The zero-order chi connectivity index (χ0) is 12.5. The van der Waals surface area contributed by atoms with Crippen LogP contribution >= 0.6 is 11.6 Å². The van der Waals surface area contributed by atoms with E-state index in [4.69, 9.17) is 16.1 Å². The SMILES string of the molecule is O=C(Nc1cccc(Cl)c1)c1cc(C2CC2)on1. The van der Waals surface area contributed by atoms with Crippen molar-refractivity contribution in [2.75, 3.05) is 5.32 Å². The third-order valence-electron chi connectivity index (χ3n) is 2.82. The van der Waals surface area contributed by atoms with Crippen molar-refractivity contribution in [2.24, 2.45) is 0 Å². The third-order valence-corrected chi connectivity index (χ3v) is 3.06. The van der Waals surface area contributed by atoms with Crippen LogP contribution in [0.25, 0.3) is 0 Å². The number of nitrogens with zero attached hydrogens (tertiary/aromatic N) is 1. The molecule has 5 heteroatoms. The molecule has 3 rings (SSSR count). The lowest BCUT2D eigenvalue weighted by atomic mass is 10.2. The Morgan fingerprint density at radius 1 is 1.39 bits per heavy atom. The quantitative estimate of drug-likeness (QED) is 0.922. The van der Waals surface area contributed by atoms with E-state index >= 15 is 0 Å². The van der Waals surface area contributed by atoms with Gasteiger partial charge in [0, 0.05) is 22.7 Å². The van der Waals surface area contributed by atoms with E-state index in [0.29, 0.717) is 22.3 Å². The molecule has 0 unspecified atom stereocenters. The fraction of sp³-hybridized carbons (Fsp3) is 0.231. The van der Waals surface area contributed by atoms with Gasteiger partial charge in [-0.3, -0.25) is 4.79 Å². The number of amides is 1. The highest BCUT2D eigenvalue weighted by atomic mass is 35.5. The zero-order valence-electron chi connectivity index (χ0n) is 9.52. The van der Waals surface area contributed by atoms with Gasteiger partial charge in [0.15, 0.2) is 5.69 Å². The van der Waals surface area contributed by atoms with Crippen LogP contribution in [0, 0.1) is 0 Å². The van der Waals surface area contributed by atoms with E-state index in [1.54, 1.807) is 30.3 Å². The number of anilines is 1. The number of hydrogen-bond donors (Lipinski definition) is 1. The molecular formula is C13H11ClN2O2. The molecule has 2 aromatic rings. The smallest absolute Gasteiger partial charge is 0.277 e. The molecule has 0 bridgehead atoms. The van der Waals surface area contributed by atoms with Gasteiger partial charge < -0.3 is 9.84 Å². The minimum atomic E-state index is -0.284. The number of carbonyl (C=O) groups is 1. The Kier molecular flexibility index (Phi) is 2.80. The molecular weight excluding hydrogens is 252 g/mol. The summed E-state index contributed by atoms with van der Waals surface area (Å²) < 4.78 is 5.13. The summed E-state index contributed by atoms with van der Waals surface area (Å²) >= 11 is 5.84. The van der Waals surface area contributed by atoms with Gasteiger partial charge in [-0.2, -0.15) is 0 Å². The van der Waals surface area contributed by atoms with Crippen molar-refractivity contribution in [3.8, 4) is 0 Å². The normalized spacial score (nSPS) is 14.5. The molecule has 1 N–H and O–H groups in total. The molecule has 1 aromatic heterocycles. The molecule has 1 aliphatic carbocycles. The van der Waals surface area contributed by atoms with Crippen molar-refractivity contribution in [2.45, 2.75) is 18.8 Å². The van der Waals surface area contributed by atoms with E-state index in [-0.39, 0.29) is 5.91 Å². The molecule has 1 heterocycles. The molecule has 0 atom stereocenters. The van der Waals surface area contributed by atoms with Crippen LogP contribution in [0.5, 0.6) is 0 Å². The standard InChI is InChI=1S/C13H11ClN2O2/c14-9-2-1-3-10(6-9)15-13(17)11-7-12(18-16-11)8-4-5-8/h1-3,6-8H,4-5H2,(H,15,17). The number of nitrogens with one attached hydrogen (secondary N) is 1. The van der Waals surface area contributed by atoms with Crippen molar-refractivity contribution in [1.29, 1.82) is 0 Å². The first-order valence-corrected chi connectivity index (χ1v) is 6.14. The number of hydrogen-bond acceptors (Lipinski definition) is 3. The lowest BCUT2D eigenvalue weighted by molar-refractivity contribution is 0.101. The Labute approximate surface area is 109 Å². The van der Waals surface area contributed by atoms with E-state index in [9.17, 15) is 4.79 Å². The Morgan fingerprint density at radius 3 is 2.94 bits per heavy atom. The number of benzene rings is 1. The summed E-state index contributed by atoms with van der Waals surface area (Å²) in [5.41, 5.74) is 0.945. The summed E-state index contributed by atoms with van der Waals surface area (Å²) in [6.45, 7) is 0. The lowest BCUT2D eigenvalue weighted by Crippen LogP contribution is -2.11. The van der Waals surface area contributed by atoms with Crippen molar-refractivity contribution < 1.29 is 9.32 Å². The Balaban J connectivity index is 1.73. The van der Waals surface area contributed by atoms with Gasteiger partial charge in [-0.15, -0.1) is 0 Å². The first-order valence-electron chi connectivity index (χ1n) is 5.76. The average molecular weight is 263 g/mol. The van der Waals surface area contributed by atoms with Crippen molar-refractivity contribution >= 4 is 23.2 Å². The Bertz CT molecular complexity index is 590. The van der Waals surface area contributed by atoms with Crippen LogP contribution in [0.1, 0.15) is 35.0 Å². The largest absolute Gasteiger partial charge is 0.360 e. The van der Waals surface area contributed by atoms with Gasteiger partial charge in [-0.25, -0.2) is 0 Å². The van der Waals surface area contributed by atoms with Crippen LogP contribution in [0.3, 0.4) is 0 Å². The monoisotopic (exact) mass is 262 g/mol. The molecule has 1 aliphatic rings. The highest BCUT2D eigenvalue weighted by Crippen LogP contribution is 2.40. The Hall–Kier alpha value is -1.81. The molecule has 0 aliphatic heterocycles. The highest BCUT2D eigenvalue weighted by Gasteiger charge is 2.28. The van der Waals surface area contributed by atoms with E-state index < -0.39 is 0 Å². The zero-order valence-corrected chi connectivity index (χ0v) is 10.3. The summed E-state index contributed by atoms with van der Waals surface area (Å²) in [7, 11) is 0. The second kappa shape index (κ2) is 4.46. The van der Waals surface area contributed by atoms with Gasteiger partial charge in [0.2, 0.25) is 0 Å². The molecule has 92 valence electrons. The molecule has 0 saturated heterocycles. The molecule has 1 saturated carbocycles. The second-order valence-electron chi connectivity index (χ2n) is 4.35. The maximum atomic E-state index is 11.9. The van der Waals surface area contributed by atoms with Crippen LogP contribution < -0.4 is 5.32 Å². The number of aromatic nitrogens is 1. The van der Waals surface area contributed by atoms with Crippen molar-refractivity contribution in [1.82, 2.24) is 5.16 Å². The van der Waals surface area contributed by atoms with Gasteiger partial charge in [0.05, 0.1) is 0 Å². The number of halogens is 1.